The summed E-state index contributed by atoms with van der Waals surface area (Å²) in [6.07, 6.45) is 1.55. The molecule has 0 radical (unpaired) electrons. The van der Waals surface area contributed by atoms with Crippen molar-refractivity contribution in [1.29, 1.82) is 0 Å². The van der Waals surface area contributed by atoms with Crippen molar-refractivity contribution in [3.05, 3.63) is 62.7 Å². The molecule has 0 aromatic carbocycles. The minimum Gasteiger partial charge on any atom is -0.463 e. The lowest BCUT2D eigenvalue weighted by Gasteiger charge is -2.29. The van der Waals surface area contributed by atoms with E-state index in [0.29, 0.717) is 17.1 Å². The maximum absolute atomic E-state index is 12.7. The van der Waals surface area contributed by atoms with E-state index in [2.05, 4.69) is 15.1 Å². The Morgan fingerprint density at radius 2 is 1.79 bits per heavy atom. The SMILES string of the molecule is CCOC(=O)C1=C(C)NC(C)=C(C(=O)OCCO[N+](=O)[O-])C1c1ccccn1. The third kappa shape index (κ3) is 4.84. The lowest BCUT2D eigenvalue weighted by molar-refractivity contribution is -0.757. The number of pyridine rings is 1. The zero-order chi connectivity index (χ0) is 20.7. The highest BCUT2D eigenvalue weighted by molar-refractivity contribution is 5.99. The zero-order valence-corrected chi connectivity index (χ0v) is 15.8. The van der Waals surface area contributed by atoms with Crippen LogP contribution in [0.3, 0.4) is 0 Å². The van der Waals surface area contributed by atoms with Crippen LogP contribution in [0.1, 0.15) is 32.4 Å². The smallest absolute Gasteiger partial charge is 0.336 e. The zero-order valence-electron chi connectivity index (χ0n) is 15.8. The summed E-state index contributed by atoms with van der Waals surface area (Å²) < 4.78 is 10.3. The van der Waals surface area contributed by atoms with Crippen molar-refractivity contribution >= 4 is 11.9 Å². The van der Waals surface area contributed by atoms with Crippen LogP contribution >= 0.6 is 0 Å². The first-order chi connectivity index (χ1) is 13.4. The molecule has 0 saturated heterocycles. The van der Waals surface area contributed by atoms with Gasteiger partial charge < -0.3 is 19.6 Å². The fourth-order valence-electron chi connectivity index (χ4n) is 2.91. The van der Waals surface area contributed by atoms with Gasteiger partial charge in [0.25, 0.3) is 5.09 Å². The number of nitrogens with zero attached hydrogens (tertiary/aromatic N) is 2. The van der Waals surface area contributed by atoms with Gasteiger partial charge in [0.2, 0.25) is 0 Å². The second-order valence-corrected chi connectivity index (χ2v) is 5.80. The molecule has 10 heteroatoms. The van der Waals surface area contributed by atoms with E-state index in [1.54, 1.807) is 45.2 Å². The topological polar surface area (TPSA) is 130 Å². The molecule has 1 unspecified atom stereocenters. The van der Waals surface area contributed by atoms with Gasteiger partial charge in [-0.05, 0) is 32.9 Å². The maximum Gasteiger partial charge on any atom is 0.336 e. The molecule has 1 aromatic heterocycles. The van der Waals surface area contributed by atoms with Crippen LogP contribution in [0.4, 0.5) is 0 Å². The van der Waals surface area contributed by atoms with Gasteiger partial charge >= 0.3 is 11.9 Å². The largest absolute Gasteiger partial charge is 0.463 e. The average molecular weight is 391 g/mol. The summed E-state index contributed by atoms with van der Waals surface area (Å²) in [7, 11) is 0. The van der Waals surface area contributed by atoms with Crippen molar-refractivity contribution in [2.75, 3.05) is 19.8 Å². The Balaban J connectivity index is 2.38. The number of esters is 2. The maximum atomic E-state index is 12.7. The van der Waals surface area contributed by atoms with Gasteiger partial charge in [0, 0.05) is 17.6 Å². The molecule has 1 aliphatic rings. The summed E-state index contributed by atoms with van der Waals surface area (Å²) in [6.45, 7) is 4.52. The molecular weight excluding hydrogens is 370 g/mol. The molecule has 0 fully saturated rings. The molecule has 10 nitrogen and oxygen atoms in total. The number of nitrogens with one attached hydrogen (secondary N) is 1. The predicted octanol–water partition coefficient (Wildman–Crippen LogP) is 1.63. The summed E-state index contributed by atoms with van der Waals surface area (Å²) >= 11 is 0. The highest BCUT2D eigenvalue weighted by atomic mass is 17.0. The van der Waals surface area contributed by atoms with Gasteiger partial charge in [-0.3, -0.25) is 4.98 Å². The molecule has 0 saturated carbocycles. The van der Waals surface area contributed by atoms with Crippen molar-refractivity contribution in [3.8, 4) is 0 Å². The van der Waals surface area contributed by atoms with Crippen LogP contribution in [0, 0.1) is 10.1 Å². The lowest BCUT2D eigenvalue weighted by atomic mass is 9.83. The Morgan fingerprint density at radius 1 is 1.14 bits per heavy atom. The van der Waals surface area contributed by atoms with Gasteiger partial charge in [-0.1, -0.05) is 6.07 Å². The Morgan fingerprint density at radius 3 is 2.32 bits per heavy atom. The van der Waals surface area contributed by atoms with Gasteiger partial charge in [0.05, 0.1) is 29.4 Å². The molecule has 28 heavy (non-hydrogen) atoms. The fraction of sp³-hybridized carbons (Fsp3) is 0.389. The second-order valence-electron chi connectivity index (χ2n) is 5.80. The number of aromatic nitrogens is 1. The molecule has 150 valence electrons. The Hall–Kier alpha value is -3.43. The average Bonchev–Trinajstić information content (AvgIpc) is 2.65. The highest BCUT2D eigenvalue weighted by Gasteiger charge is 2.38. The van der Waals surface area contributed by atoms with Crippen LogP contribution in [0.2, 0.25) is 0 Å². The molecular formula is C18H21N3O7. The number of allylic oxidation sites excluding steroid dienone is 2. The molecule has 2 rings (SSSR count). The normalized spacial score (nSPS) is 16.3. The second kappa shape index (κ2) is 9.49. The van der Waals surface area contributed by atoms with E-state index in [-0.39, 0.29) is 24.4 Å². The number of hydrogen-bond donors (Lipinski definition) is 1. The van der Waals surface area contributed by atoms with Crippen LogP contribution < -0.4 is 5.32 Å². The van der Waals surface area contributed by atoms with Gasteiger partial charge in [-0.25, -0.2) is 9.59 Å². The van der Waals surface area contributed by atoms with E-state index in [1.165, 1.54) is 0 Å². The van der Waals surface area contributed by atoms with E-state index in [9.17, 15) is 19.7 Å². The summed E-state index contributed by atoms with van der Waals surface area (Å²) in [4.78, 5) is 43.9. The van der Waals surface area contributed by atoms with Gasteiger partial charge in [-0.15, -0.1) is 10.1 Å². The first-order valence-electron chi connectivity index (χ1n) is 8.57. The number of carbonyl (C=O) groups excluding carboxylic acids is 2. The van der Waals surface area contributed by atoms with Crippen molar-refractivity contribution in [3.63, 3.8) is 0 Å². The van der Waals surface area contributed by atoms with Crippen LogP contribution in [0.15, 0.2) is 46.9 Å². The molecule has 1 aromatic rings. The summed E-state index contributed by atoms with van der Waals surface area (Å²) in [5.74, 6) is -2.11. The van der Waals surface area contributed by atoms with E-state index in [0.717, 1.165) is 0 Å². The third-order valence-electron chi connectivity index (χ3n) is 3.97. The van der Waals surface area contributed by atoms with Crippen LogP contribution in [-0.4, -0.2) is 41.8 Å². The number of ether oxygens (including phenoxy) is 2. The molecule has 2 heterocycles. The first-order valence-corrected chi connectivity index (χ1v) is 8.57. The van der Waals surface area contributed by atoms with Gasteiger partial charge in [0.15, 0.2) is 0 Å². The lowest BCUT2D eigenvalue weighted by Crippen LogP contribution is -2.33. The molecule has 0 aliphatic carbocycles. The standard InChI is InChI=1S/C18H21N3O7/c1-4-26-17(22)14-11(2)20-12(3)15(16(14)13-7-5-6-8-19-13)18(23)27-9-10-28-21(24)25/h5-8,16,20H,4,9-10H2,1-3H3. The van der Waals surface area contributed by atoms with Gasteiger partial charge in [0.1, 0.15) is 13.2 Å². The van der Waals surface area contributed by atoms with Gasteiger partial charge in [-0.2, -0.15) is 0 Å². The first kappa shape index (κ1) is 20.9. The van der Waals surface area contributed by atoms with E-state index >= 15 is 0 Å². The van der Waals surface area contributed by atoms with Crippen molar-refractivity contribution in [2.24, 2.45) is 0 Å². The molecule has 0 bridgehead atoms. The van der Waals surface area contributed by atoms with E-state index < -0.39 is 29.6 Å². The minimum atomic E-state index is -0.970. The van der Waals surface area contributed by atoms with E-state index in [4.69, 9.17) is 9.47 Å². The van der Waals surface area contributed by atoms with Crippen molar-refractivity contribution in [2.45, 2.75) is 26.7 Å². The quantitative estimate of drug-likeness (QED) is 0.304. The number of carbonyl (C=O) groups is 2. The summed E-state index contributed by atoms with van der Waals surface area (Å²) in [5.41, 5.74) is 1.92. The predicted molar refractivity (Wildman–Crippen MR) is 96.1 cm³/mol. The van der Waals surface area contributed by atoms with Crippen LogP contribution in [0.5, 0.6) is 0 Å². The Labute approximate surface area is 161 Å². The highest BCUT2D eigenvalue weighted by Crippen LogP contribution is 2.38. The molecule has 1 atom stereocenters. The fourth-order valence-corrected chi connectivity index (χ4v) is 2.91. The number of dihydropyridines is 1. The summed E-state index contributed by atoms with van der Waals surface area (Å²) in [6, 6.07) is 5.15. The van der Waals surface area contributed by atoms with Crippen molar-refractivity contribution in [1.82, 2.24) is 10.3 Å². The minimum absolute atomic E-state index is 0.172. The molecule has 1 N–H and O–H groups in total. The Bertz CT molecular complexity index is 818. The summed E-state index contributed by atoms with van der Waals surface area (Å²) in [5, 5.41) is 12.2. The van der Waals surface area contributed by atoms with Crippen LogP contribution in [-0.2, 0) is 23.9 Å². The third-order valence-corrected chi connectivity index (χ3v) is 3.97. The molecule has 1 aliphatic heterocycles. The van der Waals surface area contributed by atoms with Crippen LogP contribution in [0.25, 0.3) is 0 Å². The Kier molecular flexibility index (Phi) is 7.08. The number of hydrogen-bond acceptors (Lipinski definition) is 9. The molecule has 0 amide bonds. The van der Waals surface area contributed by atoms with E-state index in [1.807, 2.05) is 0 Å². The monoisotopic (exact) mass is 391 g/mol. The molecule has 0 spiro atoms. The van der Waals surface area contributed by atoms with Crippen molar-refractivity contribution < 1.29 is 29.0 Å². The number of rotatable bonds is 8.